The summed E-state index contributed by atoms with van der Waals surface area (Å²) in [5.41, 5.74) is 4.39. The highest BCUT2D eigenvalue weighted by atomic mass is 16.5. The van der Waals surface area contributed by atoms with E-state index in [0.717, 1.165) is 34.3 Å². The second-order valence-electron chi connectivity index (χ2n) is 7.06. The highest BCUT2D eigenvalue weighted by Crippen LogP contribution is 2.23. The van der Waals surface area contributed by atoms with Crippen LogP contribution in [0.1, 0.15) is 16.7 Å². The Labute approximate surface area is 176 Å². The quantitative estimate of drug-likeness (QED) is 0.361. The van der Waals surface area contributed by atoms with Crippen LogP contribution in [-0.4, -0.2) is 17.5 Å². The average Bonchev–Trinajstić information content (AvgIpc) is 3.15. The predicted octanol–water partition coefficient (Wildman–Crippen LogP) is 5.99. The number of hydrogen-bond donors (Lipinski definition) is 0. The Morgan fingerprint density at radius 1 is 0.867 bits per heavy atom. The Morgan fingerprint density at radius 2 is 1.57 bits per heavy atom. The Bertz CT molecular complexity index is 1200. The molecule has 3 aromatic carbocycles. The number of carbonyl (C=O) groups is 1. The van der Waals surface area contributed by atoms with Gasteiger partial charge in [-0.25, -0.2) is 0 Å². The Morgan fingerprint density at radius 3 is 2.33 bits per heavy atom. The molecule has 0 saturated heterocycles. The van der Waals surface area contributed by atoms with Gasteiger partial charge in [0.1, 0.15) is 5.75 Å². The van der Waals surface area contributed by atoms with Crippen molar-refractivity contribution in [3.05, 3.63) is 114 Å². The van der Waals surface area contributed by atoms with E-state index >= 15 is 0 Å². The van der Waals surface area contributed by atoms with Crippen molar-refractivity contribution in [2.45, 2.75) is 6.54 Å². The lowest BCUT2D eigenvalue weighted by molar-refractivity contribution is -0.110. The van der Waals surface area contributed by atoms with Crippen molar-refractivity contribution in [3.8, 4) is 5.75 Å². The molecule has 4 aromatic rings. The molecule has 4 rings (SSSR count). The summed E-state index contributed by atoms with van der Waals surface area (Å²) in [7, 11) is 1.63. The second kappa shape index (κ2) is 9.10. The minimum Gasteiger partial charge on any atom is -0.497 e. The van der Waals surface area contributed by atoms with Gasteiger partial charge in [0.2, 0.25) is 0 Å². The molecule has 0 unspecified atom stereocenters. The number of ether oxygens (including phenoxy) is 1. The zero-order valence-corrected chi connectivity index (χ0v) is 16.9. The molecule has 0 atom stereocenters. The minimum atomic E-state index is -0.0503. The third-order valence-electron chi connectivity index (χ3n) is 5.00. The molecular formula is C27H23NO2. The van der Waals surface area contributed by atoms with Crippen molar-refractivity contribution in [1.82, 2.24) is 4.57 Å². The van der Waals surface area contributed by atoms with Gasteiger partial charge >= 0.3 is 0 Å². The lowest BCUT2D eigenvalue weighted by atomic mass is 10.1. The van der Waals surface area contributed by atoms with Gasteiger partial charge in [0, 0.05) is 29.2 Å². The minimum absolute atomic E-state index is 0.0503. The number of fused-ring (bicyclic) bond motifs is 1. The van der Waals surface area contributed by atoms with Crippen molar-refractivity contribution >= 4 is 28.8 Å². The maximum absolute atomic E-state index is 12.3. The normalized spacial score (nSPS) is 11.5. The van der Waals surface area contributed by atoms with E-state index in [1.54, 1.807) is 19.3 Å². The maximum Gasteiger partial charge on any atom is 0.178 e. The molecule has 148 valence electrons. The number of nitrogens with zero attached hydrogens (tertiary/aromatic N) is 1. The molecule has 0 amide bonds. The molecule has 1 aromatic heterocycles. The van der Waals surface area contributed by atoms with Crippen molar-refractivity contribution in [2.75, 3.05) is 7.11 Å². The van der Waals surface area contributed by atoms with Gasteiger partial charge in [-0.3, -0.25) is 4.79 Å². The zero-order valence-electron chi connectivity index (χ0n) is 16.9. The van der Waals surface area contributed by atoms with Crippen LogP contribution in [-0.2, 0) is 11.3 Å². The van der Waals surface area contributed by atoms with Crippen LogP contribution < -0.4 is 4.74 Å². The summed E-state index contributed by atoms with van der Waals surface area (Å²) in [4.78, 5) is 12.3. The number of hydrogen-bond acceptors (Lipinski definition) is 2. The van der Waals surface area contributed by atoms with E-state index in [1.165, 1.54) is 5.56 Å². The molecule has 0 N–H and O–H groups in total. The van der Waals surface area contributed by atoms with E-state index in [0.29, 0.717) is 0 Å². The van der Waals surface area contributed by atoms with E-state index in [9.17, 15) is 4.79 Å². The highest BCUT2D eigenvalue weighted by molar-refractivity contribution is 6.05. The van der Waals surface area contributed by atoms with Gasteiger partial charge in [-0.1, -0.05) is 66.7 Å². The zero-order chi connectivity index (χ0) is 20.8. The summed E-state index contributed by atoms with van der Waals surface area (Å²) in [5, 5.41) is 1.14. The summed E-state index contributed by atoms with van der Waals surface area (Å²) >= 11 is 0. The molecule has 30 heavy (non-hydrogen) atoms. The van der Waals surface area contributed by atoms with Gasteiger partial charge in [-0.2, -0.15) is 0 Å². The van der Waals surface area contributed by atoms with Gasteiger partial charge in [0.15, 0.2) is 5.78 Å². The number of methoxy groups -OCH3 is 1. The average molecular weight is 393 g/mol. The van der Waals surface area contributed by atoms with Gasteiger partial charge in [-0.15, -0.1) is 0 Å². The fraction of sp³-hybridized carbons (Fsp3) is 0.0741. The number of para-hydroxylation sites is 1. The second-order valence-corrected chi connectivity index (χ2v) is 7.06. The van der Waals surface area contributed by atoms with Crippen molar-refractivity contribution < 1.29 is 9.53 Å². The van der Waals surface area contributed by atoms with Crippen LogP contribution in [0.25, 0.3) is 23.1 Å². The molecule has 0 bridgehead atoms. The highest BCUT2D eigenvalue weighted by Gasteiger charge is 2.06. The Kier molecular flexibility index (Phi) is 5.90. The molecule has 3 nitrogen and oxygen atoms in total. The molecule has 0 fully saturated rings. The lowest BCUT2D eigenvalue weighted by Crippen LogP contribution is -1.97. The molecule has 1 heterocycles. The van der Waals surface area contributed by atoms with Crippen LogP contribution in [0.5, 0.6) is 5.75 Å². The first-order chi connectivity index (χ1) is 14.7. The van der Waals surface area contributed by atoms with Crippen LogP contribution in [0.15, 0.2) is 97.2 Å². The van der Waals surface area contributed by atoms with Gasteiger partial charge in [0.05, 0.1) is 7.11 Å². The van der Waals surface area contributed by atoms with Crippen molar-refractivity contribution in [1.29, 1.82) is 0 Å². The molecule has 3 heteroatoms. The van der Waals surface area contributed by atoms with E-state index < -0.39 is 0 Å². The monoisotopic (exact) mass is 393 g/mol. The first kappa shape index (κ1) is 19.5. The van der Waals surface area contributed by atoms with Gasteiger partial charge < -0.3 is 9.30 Å². The summed E-state index contributed by atoms with van der Waals surface area (Å²) in [6.45, 7) is 0.792. The van der Waals surface area contributed by atoms with Crippen LogP contribution in [0.4, 0.5) is 0 Å². The summed E-state index contributed by atoms with van der Waals surface area (Å²) < 4.78 is 7.38. The number of benzene rings is 3. The molecule has 0 aliphatic heterocycles. The van der Waals surface area contributed by atoms with Gasteiger partial charge in [0.25, 0.3) is 0 Å². The number of aromatic nitrogens is 1. The van der Waals surface area contributed by atoms with Crippen LogP contribution in [0.3, 0.4) is 0 Å². The summed E-state index contributed by atoms with van der Waals surface area (Å²) in [6.07, 6.45) is 9.01. The van der Waals surface area contributed by atoms with Crippen LogP contribution >= 0.6 is 0 Å². The third kappa shape index (κ3) is 4.58. The van der Waals surface area contributed by atoms with E-state index in [-0.39, 0.29) is 5.78 Å². The standard InChI is InChI=1S/C27H23NO2/c1-30-25-17-12-21(13-18-25)11-15-24(29)16-14-23-20-28(19-22-7-3-2-4-8-22)27-10-6-5-9-26(23)27/h2-18,20H,19H2,1H3/b15-11+,16-14+. The van der Waals surface area contributed by atoms with Crippen LogP contribution in [0, 0.1) is 0 Å². The first-order valence-electron chi connectivity index (χ1n) is 9.89. The van der Waals surface area contributed by atoms with E-state index in [1.807, 2.05) is 54.6 Å². The summed E-state index contributed by atoms with van der Waals surface area (Å²) in [5.74, 6) is 0.746. The SMILES string of the molecule is COc1ccc(/C=C/C(=O)/C=C/c2cn(Cc3ccccc3)c3ccccc23)cc1. The molecule has 0 radical (unpaired) electrons. The van der Waals surface area contributed by atoms with Crippen LogP contribution in [0.2, 0.25) is 0 Å². The third-order valence-corrected chi connectivity index (χ3v) is 5.00. The molecule has 0 saturated carbocycles. The number of carbonyl (C=O) groups excluding carboxylic acids is 1. The number of rotatable bonds is 7. The first-order valence-corrected chi connectivity index (χ1v) is 9.89. The van der Waals surface area contributed by atoms with E-state index in [2.05, 4.69) is 47.2 Å². The fourth-order valence-electron chi connectivity index (χ4n) is 3.44. The largest absolute Gasteiger partial charge is 0.497 e. The molecule has 0 spiro atoms. The molecular weight excluding hydrogens is 370 g/mol. The summed E-state index contributed by atoms with van der Waals surface area (Å²) in [6, 6.07) is 26.2. The predicted molar refractivity (Wildman–Crippen MR) is 124 cm³/mol. The fourth-order valence-corrected chi connectivity index (χ4v) is 3.44. The molecule has 0 aliphatic carbocycles. The number of allylic oxidation sites excluding steroid dienone is 2. The maximum atomic E-state index is 12.3. The topological polar surface area (TPSA) is 31.2 Å². The number of ketones is 1. The smallest absolute Gasteiger partial charge is 0.178 e. The van der Waals surface area contributed by atoms with E-state index in [4.69, 9.17) is 4.74 Å². The Balaban J connectivity index is 1.53. The van der Waals surface area contributed by atoms with Crippen molar-refractivity contribution in [2.24, 2.45) is 0 Å². The van der Waals surface area contributed by atoms with Gasteiger partial charge in [-0.05, 0) is 47.6 Å². The molecule has 0 aliphatic rings. The van der Waals surface area contributed by atoms with Crippen molar-refractivity contribution in [3.63, 3.8) is 0 Å². The lowest BCUT2D eigenvalue weighted by Gasteiger charge is -2.05. The Hall–Kier alpha value is -3.85.